The summed E-state index contributed by atoms with van der Waals surface area (Å²) in [6, 6.07) is 0. The molecule has 2 rings (SSSR count). The summed E-state index contributed by atoms with van der Waals surface area (Å²) in [5, 5.41) is 4.68. The largest absolute Gasteiger partial charge is 0.312 e. The van der Waals surface area contributed by atoms with Crippen LogP contribution in [0.1, 0.15) is 42.0 Å². The predicted octanol–water partition coefficient (Wildman–Crippen LogP) is 3.12. The molecule has 0 aliphatic heterocycles. The van der Waals surface area contributed by atoms with Crippen molar-refractivity contribution in [3.63, 3.8) is 0 Å². The fourth-order valence-electron chi connectivity index (χ4n) is 2.30. The third-order valence-electron chi connectivity index (χ3n) is 3.17. The first-order chi connectivity index (χ1) is 7.34. The van der Waals surface area contributed by atoms with Crippen molar-refractivity contribution in [3.8, 4) is 0 Å². The molecule has 1 aromatic rings. The molecule has 0 amide bonds. The lowest BCUT2D eigenvalue weighted by Gasteiger charge is -2.08. The number of hydrogen-bond acceptors (Lipinski definition) is 3. The van der Waals surface area contributed by atoms with Gasteiger partial charge in [-0.1, -0.05) is 25.7 Å². The van der Waals surface area contributed by atoms with Gasteiger partial charge in [-0.05, 0) is 25.8 Å². The van der Waals surface area contributed by atoms with Crippen LogP contribution in [0.25, 0.3) is 0 Å². The molecule has 0 aromatic carbocycles. The second-order valence-corrected chi connectivity index (χ2v) is 5.78. The van der Waals surface area contributed by atoms with Crippen molar-refractivity contribution in [1.82, 2.24) is 10.3 Å². The van der Waals surface area contributed by atoms with Crippen molar-refractivity contribution in [2.45, 2.75) is 45.6 Å². The van der Waals surface area contributed by atoms with Gasteiger partial charge in [0.25, 0.3) is 0 Å². The second kappa shape index (κ2) is 5.61. The highest BCUT2D eigenvalue weighted by molar-refractivity contribution is 7.11. The normalized spacial score (nSPS) is 17.4. The predicted molar refractivity (Wildman–Crippen MR) is 65.1 cm³/mol. The molecule has 0 atom stereocenters. The Balaban J connectivity index is 1.58. The lowest BCUT2D eigenvalue weighted by atomic mass is 10.0. The van der Waals surface area contributed by atoms with E-state index in [9.17, 15) is 0 Å². The van der Waals surface area contributed by atoms with Crippen LogP contribution >= 0.6 is 11.3 Å². The van der Waals surface area contributed by atoms with Crippen LogP contribution in [-0.4, -0.2) is 11.5 Å². The highest BCUT2D eigenvalue weighted by Gasteiger charge is 2.13. The summed E-state index contributed by atoms with van der Waals surface area (Å²) in [5.41, 5.74) is 0. The molecular formula is C12H20N2S. The molecule has 0 unspecified atom stereocenters. The Labute approximate surface area is 96.1 Å². The van der Waals surface area contributed by atoms with Crippen LogP contribution in [-0.2, 0) is 6.54 Å². The van der Waals surface area contributed by atoms with E-state index in [0.29, 0.717) is 0 Å². The Morgan fingerprint density at radius 3 is 2.93 bits per heavy atom. The maximum Gasteiger partial charge on any atom is 0.0897 e. The summed E-state index contributed by atoms with van der Waals surface area (Å²) in [5.74, 6) is 1.00. The van der Waals surface area contributed by atoms with E-state index in [1.807, 2.05) is 6.20 Å². The Hall–Kier alpha value is -0.410. The van der Waals surface area contributed by atoms with E-state index in [1.165, 1.54) is 48.5 Å². The topological polar surface area (TPSA) is 24.9 Å². The second-order valence-electron chi connectivity index (χ2n) is 4.46. The fourth-order valence-corrected chi connectivity index (χ4v) is 3.07. The van der Waals surface area contributed by atoms with Crippen molar-refractivity contribution < 1.29 is 0 Å². The van der Waals surface area contributed by atoms with Gasteiger partial charge in [0.05, 0.1) is 5.01 Å². The fraction of sp³-hybridized carbons (Fsp3) is 0.750. The van der Waals surface area contributed by atoms with Gasteiger partial charge in [-0.3, -0.25) is 0 Å². The minimum absolute atomic E-state index is 0.998. The van der Waals surface area contributed by atoms with E-state index in [1.54, 1.807) is 11.3 Å². The molecule has 0 saturated heterocycles. The number of aryl methyl sites for hydroxylation is 1. The van der Waals surface area contributed by atoms with Gasteiger partial charge in [0.15, 0.2) is 0 Å². The summed E-state index contributed by atoms with van der Waals surface area (Å²) in [7, 11) is 0. The molecule has 1 saturated carbocycles. The van der Waals surface area contributed by atoms with Crippen LogP contribution < -0.4 is 5.32 Å². The van der Waals surface area contributed by atoms with E-state index in [-0.39, 0.29) is 0 Å². The summed E-state index contributed by atoms with van der Waals surface area (Å²) < 4.78 is 0. The molecule has 1 heterocycles. The summed E-state index contributed by atoms with van der Waals surface area (Å²) in [4.78, 5) is 5.61. The quantitative estimate of drug-likeness (QED) is 0.777. The number of rotatable bonds is 5. The molecule has 1 aliphatic carbocycles. The Kier molecular flexibility index (Phi) is 4.15. The standard InChI is InChI=1S/C12H20N2S/c1-10-14-9-12(15-10)8-13-7-6-11-4-2-3-5-11/h9,11,13H,2-8H2,1H3. The number of nitrogens with one attached hydrogen (secondary N) is 1. The first kappa shape index (κ1) is 11.1. The highest BCUT2D eigenvalue weighted by Crippen LogP contribution is 2.26. The molecule has 1 aliphatic rings. The number of aromatic nitrogens is 1. The molecule has 0 bridgehead atoms. The van der Waals surface area contributed by atoms with Gasteiger partial charge < -0.3 is 5.32 Å². The molecule has 15 heavy (non-hydrogen) atoms. The van der Waals surface area contributed by atoms with Crippen molar-refractivity contribution in [2.24, 2.45) is 5.92 Å². The van der Waals surface area contributed by atoms with Crippen molar-refractivity contribution >= 4 is 11.3 Å². The third-order valence-corrected chi connectivity index (χ3v) is 4.09. The molecule has 84 valence electrons. The Morgan fingerprint density at radius 1 is 1.47 bits per heavy atom. The Morgan fingerprint density at radius 2 is 2.27 bits per heavy atom. The lowest BCUT2D eigenvalue weighted by Crippen LogP contribution is -2.16. The van der Waals surface area contributed by atoms with Gasteiger partial charge in [-0.2, -0.15) is 0 Å². The molecule has 1 N–H and O–H groups in total. The number of nitrogens with zero attached hydrogens (tertiary/aromatic N) is 1. The van der Waals surface area contributed by atoms with Crippen LogP contribution in [0.3, 0.4) is 0 Å². The third kappa shape index (κ3) is 3.58. The van der Waals surface area contributed by atoms with Crippen LogP contribution in [0.15, 0.2) is 6.20 Å². The molecular weight excluding hydrogens is 204 g/mol. The van der Waals surface area contributed by atoms with Crippen LogP contribution in [0.5, 0.6) is 0 Å². The molecule has 0 spiro atoms. The molecule has 0 radical (unpaired) electrons. The van der Waals surface area contributed by atoms with Crippen LogP contribution in [0, 0.1) is 12.8 Å². The minimum atomic E-state index is 0.998. The summed E-state index contributed by atoms with van der Waals surface area (Å²) >= 11 is 1.80. The first-order valence-corrected chi connectivity index (χ1v) is 6.78. The lowest BCUT2D eigenvalue weighted by molar-refractivity contribution is 0.478. The van der Waals surface area contributed by atoms with Gasteiger partial charge in [0.1, 0.15) is 0 Å². The SMILES string of the molecule is Cc1ncc(CNCCC2CCCC2)s1. The average Bonchev–Trinajstić information content (AvgIpc) is 2.84. The minimum Gasteiger partial charge on any atom is -0.312 e. The smallest absolute Gasteiger partial charge is 0.0897 e. The van der Waals surface area contributed by atoms with Crippen LogP contribution in [0.2, 0.25) is 0 Å². The van der Waals surface area contributed by atoms with Gasteiger partial charge in [0.2, 0.25) is 0 Å². The summed E-state index contributed by atoms with van der Waals surface area (Å²) in [6.07, 6.45) is 9.18. The van der Waals surface area contributed by atoms with E-state index in [2.05, 4.69) is 17.2 Å². The van der Waals surface area contributed by atoms with Gasteiger partial charge in [-0.25, -0.2) is 4.98 Å². The Bertz CT molecular complexity index is 290. The van der Waals surface area contributed by atoms with Crippen molar-refractivity contribution in [3.05, 3.63) is 16.1 Å². The molecule has 3 heteroatoms. The highest BCUT2D eigenvalue weighted by atomic mass is 32.1. The maximum absolute atomic E-state index is 4.25. The van der Waals surface area contributed by atoms with Crippen LogP contribution in [0.4, 0.5) is 0 Å². The zero-order chi connectivity index (χ0) is 10.5. The van der Waals surface area contributed by atoms with E-state index >= 15 is 0 Å². The van der Waals surface area contributed by atoms with Crippen molar-refractivity contribution in [2.75, 3.05) is 6.54 Å². The van der Waals surface area contributed by atoms with Crippen molar-refractivity contribution in [1.29, 1.82) is 0 Å². The number of thiazole rings is 1. The van der Waals surface area contributed by atoms with E-state index < -0.39 is 0 Å². The van der Waals surface area contributed by atoms with Gasteiger partial charge in [-0.15, -0.1) is 11.3 Å². The number of hydrogen-bond donors (Lipinski definition) is 1. The maximum atomic E-state index is 4.25. The van der Waals surface area contributed by atoms with Gasteiger partial charge in [0, 0.05) is 17.6 Å². The zero-order valence-electron chi connectivity index (χ0n) is 9.46. The summed E-state index contributed by atoms with van der Waals surface area (Å²) in [6.45, 7) is 4.23. The molecule has 1 aromatic heterocycles. The first-order valence-electron chi connectivity index (χ1n) is 5.96. The monoisotopic (exact) mass is 224 g/mol. The zero-order valence-corrected chi connectivity index (χ0v) is 10.3. The van der Waals surface area contributed by atoms with E-state index in [4.69, 9.17) is 0 Å². The molecule has 1 fully saturated rings. The average molecular weight is 224 g/mol. The molecule has 2 nitrogen and oxygen atoms in total. The van der Waals surface area contributed by atoms with E-state index in [0.717, 1.165) is 12.5 Å². The van der Waals surface area contributed by atoms with Gasteiger partial charge >= 0.3 is 0 Å².